The smallest absolute Gasteiger partial charge is 0.224 e. The third-order valence-electron chi connectivity index (χ3n) is 9.82. The van der Waals surface area contributed by atoms with Crippen LogP contribution in [-0.4, -0.2) is 7.05 Å². The van der Waals surface area contributed by atoms with E-state index in [1.165, 1.54) is 82.9 Å². The highest BCUT2D eigenvalue weighted by molar-refractivity contribution is 6.12. The minimum absolute atomic E-state index is 0.402. The van der Waals surface area contributed by atoms with Crippen LogP contribution >= 0.6 is 0 Å². The molecule has 9 rings (SSSR count). The van der Waals surface area contributed by atoms with Crippen molar-refractivity contribution in [1.82, 2.24) is 0 Å². The Labute approximate surface area is 195 Å². The van der Waals surface area contributed by atoms with Crippen LogP contribution in [0.1, 0.15) is 49.7 Å². The Morgan fingerprint density at radius 1 is 0.970 bits per heavy atom. The van der Waals surface area contributed by atoms with Crippen molar-refractivity contribution in [2.45, 2.75) is 50.9 Å². The lowest BCUT2D eigenvalue weighted by Crippen LogP contribution is -2.48. The molecule has 4 bridgehead atoms. The molecule has 3 nitrogen and oxygen atoms in total. The molecule has 0 N–H and O–H groups in total. The minimum Gasteiger partial charge on any atom is -0.464 e. The summed E-state index contributed by atoms with van der Waals surface area (Å²) in [5.41, 5.74) is 9.60. The molecule has 3 heterocycles. The summed E-state index contributed by atoms with van der Waals surface area (Å²) in [6.07, 6.45) is 12.8. The summed E-state index contributed by atoms with van der Waals surface area (Å²) in [4.78, 5) is 2.43. The van der Waals surface area contributed by atoms with Gasteiger partial charge in [-0.2, -0.15) is 0 Å². The van der Waals surface area contributed by atoms with E-state index in [4.69, 9.17) is 4.42 Å². The van der Waals surface area contributed by atoms with E-state index in [1.807, 2.05) is 6.26 Å². The molecule has 4 saturated carbocycles. The second-order valence-corrected chi connectivity index (χ2v) is 11.7. The molecule has 0 unspecified atom stereocenters. The van der Waals surface area contributed by atoms with Gasteiger partial charge >= 0.3 is 0 Å². The molecular formula is C30H31N2O+. The van der Waals surface area contributed by atoms with E-state index in [0.29, 0.717) is 5.41 Å². The van der Waals surface area contributed by atoms with E-state index in [0.717, 1.165) is 23.3 Å². The number of pyridine rings is 1. The van der Waals surface area contributed by atoms with Crippen molar-refractivity contribution in [1.29, 1.82) is 0 Å². The highest BCUT2D eigenvalue weighted by atomic mass is 16.3. The van der Waals surface area contributed by atoms with Crippen LogP contribution in [0, 0.1) is 24.7 Å². The molecule has 4 aliphatic carbocycles. The Bertz CT molecular complexity index is 1460. The van der Waals surface area contributed by atoms with Gasteiger partial charge in [0.25, 0.3) is 0 Å². The number of aromatic nitrogens is 1. The standard InChI is InChI=1S/C30H31N2O/c1-17-23-5-7-33-26(23)13-25-27(17)29-28-21(4-6-31(29)2)11-22(12-24(28)32(25)3)30-14-18-8-19(15-30)10-20(9-18)16-30/h4-7,11-13,18-20H,8-10,14-16H2,1-3H3/q+1. The molecular weight excluding hydrogens is 404 g/mol. The second kappa shape index (κ2) is 6.00. The Balaban J connectivity index is 1.42. The first kappa shape index (κ1) is 18.6. The van der Waals surface area contributed by atoms with Crippen molar-refractivity contribution in [2.75, 3.05) is 11.9 Å². The third kappa shape index (κ3) is 2.28. The van der Waals surface area contributed by atoms with Crippen LogP contribution < -0.4 is 9.47 Å². The van der Waals surface area contributed by atoms with Gasteiger partial charge in [0, 0.05) is 24.6 Å². The van der Waals surface area contributed by atoms with E-state index in [1.54, 1.807) is 5.56 Å². The first-order chi connectivity index (χ1) is 16.0. The summed E-state index contributed by atoms with van der Waals surface area (Å²) in [5.74, 6) is 2.88. The lowest BCUT2D eigenvalue weighted by Gasteiger charge is -2.57. The number of furan rings is 1. The Kier molecular flexibility index (Phi) is 3.38. The van der Waals surface area contributed by atoms with Gasteiger partial charge in [0.15, 0.2) is 6.20 Å². The van der Waals surface area contributed by atoms with Crippen molar-refractivity contribution in [3.63, 3.8) is 0 Å². The Morgan fingerprint density at radius 3 is 2.42 bits per heavy atom. The van der Waals surface area contributed by atoms with E-state index in [-0.39, 0.29) is 0 Å². The zero-order valence-electron chi connectivity index (χ0n) is 19.8. The van der Waals surface area contributed by atoms with Crippen LogP contribution in [0.3, 0.4) is 0 Å². The van der Waals surface area contributed by atoms with E-state index in [9.17, 15) is 0 Å². The monoisotopic (exact) mass is 435 g/mol. The van der Waals surface area contributed by atoms with Gasteiger partial charge in [0.2, 0.25) is 5.69 Å². The highest BCUT2D eigenvalue weighted by Gasteiger charge is 2.52. The van der Waals surface area contributed by atoms with Crippen LogP contribution in [0.2, 0.25) is 0 Å². The van der Waals surface area contributed by atoms with E-state index < -0.39 is 0 Å². The van der Waals surface area contributed by atoms with Crippen LogP contribution in [-0.2, 0) is 12.5 Å². The van der Waals surface area contributed by atoms with Gasteiger partial charge in [-0.1, -0.05) is 0 Å². The topological polar surface area (TPSA) is 20.3 Å². The number of anilines is 2. The average Bonchev–Trinajstić information content (AvgIpc) is 3.26. The van der Waals surface area contributed by atoms with Gasteiger partial charge in [-0.15, -0.1) is 0 Å². The molecule has 2 aromatic heterocycles. The Hall–Kier alpha value is -2.81. The number of rotatable bonds is 1. The predicted molar refractivity (Wildman–Crippen MR) is 133 cm³/mol. The summed E-state index contributed by atoms with van der Waals surface area (Å²) >= 11 is 0. The van der Waals surface area contributed by atoms with Crippen molar-refractivity contribution in [3.05, 3.63) is 53.9 Å². The minimum atomic E-state index is 0.402. The lowest BCUT2D eigenvalue weighted by molar-refractivity contribution is -0.659. The maximum Gasteiger partial charge on any atom is 0.224 e. The molecule has 2 aromatic carbocycles. The first-order valence-corrected chi connectivity index (χ1v) is 12.7. The summed E-state index contributed by atoms with van der Waals surface area (Å²) in [6.45, 7) is 2.25. The van der Waals surface area contributed by atoms with Crippen molar-refractivity contribution in [2.24, 2.45) is 24.8 Å². The van der Waals surface area contributed by atoms with Gasteiger partial charge in [-0.25, -0.2) is 4.57 Å². The maximum atomic E-state index is 5.86. The van der Waals surface area contributed by atoms with Crippen LogP contribution in [0.15, 0.2) is 47.2 Å². The number of hydrogen-bond acceptors (Lipinski definition) is 2. The fourth-order valence-corrected chi connectivity index (χ4v) is 8.78. The molecule has 4 fully saturated rings. The van der Waals surface area contributed by atoms with Gasteiger partial charge < -0.3 is 9.32 Å². The SMILES string of the molecule is Cc1c2c(cc3occc13)N(C)c1cc(C34CC5CC(CC(C5)C3)C4)cc3cc[n+](C)c-2c13. The zero-order chi connectivity index (χ0) is 22.1. The Morgan fingerprint density at radius 2 is 1.70 bits per heavy atom. The molecule has 0 saturated heterocycles. The molecule has 33 heavy (non-hydrogen) atoms. The molecule has 0 atom stereocenters. The number of nitrogens with zero attached hydrogens (tertiary/aromatic N) is 2. The third-order valence-corrected chi connectivity index (χ3v) is 9.82. The fourth-order valence-electron chi connectivity index (χ4n) is 8.78. The predicted octanol–water partition coefficient (Wildman–Crippen LogP) is 6.94. The molecule has 0 spiro atoms. The van der Waals surface area contributed by atoms with E-state index in [2.05, 4.69) is 67.0 Å². The molecule has 4 aromatic rings. The number of benzene rings is 2. The molecule has 1 aliphatic heterocycles. The molecule has 0 radical (unpaired) electrons. The lowest BCUT2D eigenvalue weighted by atomic mass is 9.48. The first-order valence-electron chi connectivity index (χ1n) is 12.7. The largest absolute Gasteiger partial charge is 0.464 e. The van der Waals surface area contributed by atoms with Gasteiger partial charge in [0.1, 0.15) is 12.6 Å². The van der Waals surface area contributed by atoms with Crippen LogP contribution in [0.25, 0.3) is 33.0 Å². The summed E-state index contributed by atoms with van der Waals surface area (Å²) < 4.78 is 8.18. The molecule has 0 amide bonds. The zero-order valence-corrected chi connectivity index (χ0v) is 19.8. The maximum absolute atomic E-state index is 5.86. The summed E-state index contributed by atoms with van der Waals surface area (Å²) in [6, 6.07) is 11.8. The summed E-state index contributed by atoms with van der Waals surface area (Å²) in [5, 5.41) is 4.01. The van der Waals surface area contributed by atoms with Gasteiger partial charge in [-0.3, -0.25) is 0 Å². The number of hydrogen-bond donors (Lipinski definition) is 0. The number of aryl methyl sites for hydroxylation is 2. The molecule has 166 valence electrons. The fraction of sp³-hybridized carbons (Fsp3) is 0.433. The van der Waals surface area contributed by atoms with Gasteiger partial charge in [0.05, 0.1) is 28.6 Å². The van der Waals surface area contributed by atoms with Crippen molar-refractivity contribution in [3.8, 4) is 11.3 Å². The van der Waals surface area contributed by atoms with Crippen LogP contribution in [0.4, 0.5) is 11.4 Å². The average molecular weight is 436 g/mol. The summed E-state index contributed by atoms with van der Waals surface area (Å²) in [7, 11) is 4.45. The van der Waals surface area contributed by atoms with Crippen LogP contribution in [0.5, 0.6) is 0 Å². The quantitative estimate of drug-likeness (QED) is 0.302. The second-order valence-electron chi connectivity index (χ2n) is 11.7. The number of fused-ring (bicyclic) bond motifs is 3. The van der Waals surface area contributed by atoms with Crippen molar-refractivity contribution >= 4 is 33.1 Å². The molecule has 5 aliphatic rings. The van der Waals surface area contributed by atoms with E-state index >= 15 is 0 Å². The molecule has 3 heteroatoms. The van der Waals surface area contributed by atoms with Gasteiger partial charge in [-0.05, 0) is 103 Å². The highest BCUT2D eigenvalue weighted by Crippen LogP contribution is 2.61. The van der Waals surface area contributed by atoms with Crippen molar-refractivity contribution < 1.29 is 8.98 Å². The normalized spacial score (nSPS) is 29.3.